The summed E-state index contributed by atoms with van der Waals surface area (Å²) in [4.78, 5) is 0. The molecule has 1 heterocycles. The SMILES string of the molecule is Cc1ccc(C)c(OC(C)CNCC2CCCO2)c1. The van der Waals surface area contributed by atoms with Crippen molar-refractivity contribution in [2.45, 2.75) is 45.8 Å². The first-order valence-corrected chi connectivity index (χ1v) is 7.21. The second-order valence-corrected chi connectivity index (χ2v) is 5.49. The maximum Gasteiger partial charge on any atom is 0.122 e. The zero-order chi connectivity index (χ0) is 13.7. The molecule has 1 fully saturated rings. The minimum absolute atomic E-state index is 0.168. The van der Waals surface area contributed by atoms with Gasteiger partial charge >= 0.3 is 0 Å². The van der Waals surface area contributed by atoms with Crippen LogP contribution in [-0.4, -0.2) is 31.9 Å². The average Bonchev–Trinajstić information content (AvgIpc) is 2.87. The van der Waals surface area contributed by atoms with Gasteiger partial charge in [-0.2, -0.15) is 0 Å². The van der Waals surface area contributed by atoms with Gasteiger partial charge in [0.2, 0.25) is 0 Å². The number of rotatable bonds is 6. The van der Waals surface area contributed by atoms with Crippen molar-refractivity contribution in [3.63, 3.8) is 0 Å². The lowest BCUT2D eigenvalue weighted by molar-refractivity contribution is 0.106. The molecule has 1 N–H and O–H groups in total. The van der Waals surface area contributed by atoms with Crippen molar-refractivity contribution < 1.29 is 9.47 Å². The normalized spacial score (nSPS) is 20.5. The van der Waals surface area contributed by atoms with Crippen LogP contribution in [0.1, 0.15) is 30.9 Å². The fourth-order valence-corrected chi connectivity index (χ4v) is 2.35. The Morgan fingerprint density at radius 3 is 3.00 bits per heavy atom. The lowest BCUT2D eigenvalue weighted by Crippen LogP contribution is -2.34. The first kappa shape index (κ1) is 14.4. The van der Waals surface area contributed by atoms with Crippen LogP contribution >= 0.6 is 0 Å². The predicted molar refractivity (Wildman–Crippen MR) is 77.8 cm³/mol. The maximum absolute atomic E-state index is 5.99. The highest BCUT2D eigenvalue weighted by Gasteiger charge is 2.15. The van der Waals surface area contributed by atoms with Crippen LogP contribution in [0.25, 0.3) is 0 Å². The number of aryl methyl sites for hydroxylation is 2. The summed E-state index contributed by atoms with van der Waals surface area (Å²) in [7, 11) is 0. The van der Waals surface area contributed by atoms with Gasteiger partial charge in [0, 0.05) is 19.7 Å². The number of nitrogens with one attached hydrogen (secondary N) is 1. The molecule has 2 rings (SSSR count). The number of hydrogen-bond donors (Lipinski definition) is 1. The second kappa shape index (κ2) is 6.92. The van der Waals surface area contributed by atoms with E-state index in [1.807, 2.05) is 0 Å². The Bertz CT molecular complexity index is 400. The first-order chi connectivity index (χ1) is 9.15. The summed E-state index contributed by atoms with van der Waals surface area (Å²) in [5.41, 5.74) is 2.43. The molecule has 3 heteroatoms. The zero-order valence-electron chi connectivity index (χ0n) is 12.2. The molecule has 2 unspecified atom stereocenters. The molecule has 1 aromatic carbocycles. The molecule has 1 aliphatic rings. The van der Waals surface area contributed by atoms with Crippen molar-refractivity contribution in [2.75, 3.05) is 19.7 Å². The van der Waals surface area contributed by atoms with Crippen LogP contribution in [0.15, 0.2) is 18.2 Å². The summed E-state index contributed by atoms with van der Waals surface area (Å²) in [6.45, 7) is 8.98. The van der Waals surface area contributed by atoms with E-state index in [2.05, 4.69) is 44.3 Å². The number of benzene rings is 1. The van der Waals surface area contributed by atoms with Crippen molar-refractivity contribution in [2.24, 2.45) is 0 Å². The van der Waals surface area contributed by atoms with E-state index in [1.54, 1.807) is 0 Å². The minimum Gasteiger partial charge on any atom is -0.489 e. The number of hydrogen-bond acceptors (Lipinski definition) is 3. The van der Waals surface area contributed by atoms with E-state index in [4.69, 9.17) is 9.47 Å². The Morgan fingerprint density at radius 1 is 1.42 bits per heavy atom. The van der Waals surface area contributed by atoms with Gasteiger partial charge in [-0.05, 0) is 50.8 Å². The smallest absolute Gasteiger partial charge is 0.122 e. The lowest BCUT2D eigenvalue weighted by atomic mass is 10.1. The van der Waals surface area contributed by atoms with Crippen LogP contribution < -0.4 is 10.1 Å². The standard InChI is InChI=1S/C16H25NO2/c1-12-6-7-13(2)16(9-12)19-14(3)10-17-11-15-5-4-8-18-15/h6-7,9,14-15,17H,4-5,8,10-11H2,1-3H3. The van der Waals surface area contributed by atoms with Crippen molar-refractivity contribution in [1.29, 1.82) is 0 Å². The van der Waals surface area contributed by atoms with Crippen molar-refractivity contribution >= 4 is 0 Å². The van der Waals surface area contributed by atoms with Crippen LogP contribution in [0.4, 0.5) is 0 Å². The van der Waals surface area contributed by atoms with Gasteiger partial charge in [-0.15, -0.1) is 0 Å². The average molecular weight is 263 g/mol. The van der Waals surface area contributed by atoms with E-state index < -0.39 is 0 Å². The Morgan fingerprint density at radius 2 is 2.26 bits per heavy atom. The summed E-state index contributed by atoms with van der Waals surface area (Å²) in [5, 5.41) is 3.43. The molecule has 2 atom stereocenters. The van der Waals surface area contributed by atoms with Crippen LogP contribution in [-0.2, 0) is 4.74 Å². The summed E-state index contributed by atoms with van der Waals surface area (Å²) < 4.78 is 11.6. The highest BCUT2D eigenvalue weighted by molar-refractivity contribution is 5.36. The van der Waals surface area contributed by atoms with Crippen LogP contribution in [0.3, 0.4) is 0 Å². The van der Waals surface area contributed by atoms with E-state index in [9.17, 15) is 0 Å². The van der Waals surface area contributed by atoms with Crippen molar-refractivity contribution in [3.05, 3.63) is 29.3 Å². The molecule has 0 radical (unpaired) electrons. The van der Waals surface area contributed by atoms with Crippen molar-refractivity contribution in [1.82, 2.24) is 5.32 Å². The molecule has 0 amide bonds. The lowest BCUT2D eigenvalue weighted by Gasteiger charge is -2.18. The Labute approximate surface area is 116 Å². The molecule has 0 bridgehead atoms. The van der Waals surface area contributed by atoms with E-state index >= 15 is 0 Å². The van der Waals surface area contributed by atoms with Crippen LogP contribution in [0.2, 0.25) is 0 Å². The fourth-order valence-electron chi connectivity index (χ4n) is 2.35. The molecule has 1 aliphatic heterocycles. The summed E-state index contributed by atoms with van der Waals surface area (Å²) in [6, 6.07) is 6.33. The molecular formula is C16H25NO2. The summed E-state index contributed by atoms with van der Waals surface area (Å²) in [6.07, 6.45) is 2.94. The molecule has 1 saturated heterocycles. The molecule has 0 aromatic heterocycles. The van der Waals surface area contributed by atoms with E-state index in [1.165, 1.54) is 24.0 Å². The minimum atomic E-state index is 0.168. The first-order valence-electron chi connectivity index (χ1n) is 7.21. The monoisotopic (exact) mass is 263 g/mol. The number of ether oxygens (including phenoxy) is 2. The molecule has 19 heavy (non-hydrogen) atoms. The van der Waals surface area contributed by atoms with Gasteiger partial charge in [0.25, 0.3) is 0 Å². The Kier molecular flexibility index (Phi) is 5.23. The molecule has 106 valence electrons. The van der Waals surface area contributed by atoms with Crippen LogP contribution in [0.5, 0.6) is 5.75 Å². The fraction of sp³-hybridized carbons (Fsp3) is 0.625. The van der Waals surface area contributed by atoms with Gasteiger partial charge in [-0.1, -0.05) is 12.1 Å². The second-order valence-electron chi connectivity index (χ2n) is 5.49. The van der Waals surface area contributed by atoms with Gasteiger partial charge in [-0.25, -0.2) is 0 Å². The molecule has 0 aliphatic carbocycles. The summed E-state index contributed by atoms with van der Waals surface area (Å²) in [5.74, 6) is 0.992. The predicted octanol–water partition coefficient (Wildman–Crippen LogP) is 2.84. The largest absolute Gasteiger partial charge is 0.489 e. The Hall–Kier alpha value is -1.06. The van der Waals surface area contributed by atoms with E-state index in [-0.39, 0.29) is 6.10 Å². The summed E-state index contributed by atoms with van der Waals surface area (Å²) >= 11 is 0. The van der Waals surface area contributed by atoms with Gasteiger partial charge in [-0.3, -0.25) is 0 Å². The maximum atomic E-state index is 5.99. The molecule has 0 saturated carbocycles. The van der Waals surface area contributed by atoms with E-state index in [0.717, 1.165) is 25.4 Å². The third-order valence-corrected chi connectivity index (χ3v) is 3.50. The molecule has 1 aromatic rings. The topological polar surface area (TPSA) is 30.5 Å². The molecular weight excluding hydrogens is 238 g/mol. The quantitative estimate of drug-likeness (QED) is 0.856. The Balaban J connectivity index is 1.73. The zero-order valence-corrected chi connectivity index (χ0v) is 12.2. The van der Waals surface area contributed by atoms with Gasteiger partial charge in [0.05, 0.1) is 6.10 Å². The third kappa shape index (κ3) is 4.51. The third-order valence-electron chi connectivity index (χ3n) is 3.50. The molecule has 0 spiro atoms. The van der Waals surface area contributed by atoms with Gasteiger partial charge in [0.15, 0.2) is 0 Å². The highest BCUT2D eigenvalue weighted by Crippen LogP contribution is 2.20. The van der Waals surface area contributed by atoms with E-state index in [0.29, 0.717) is 6.10 Å². The van der Waals surface area contributed by atoms with Crippen LogP contribution in [0, 0.1) is 13.8 Å². The van der Waals surface area contributed by atoms with Gasteiger partial charge in [0.1, 0.15) is 11.9 Å². The highest BCUT2D eigenvalue weighted by atomic mass is 16.5. The van der Waals surface area contributed by atoms with Gasteiger partial charge < -0.3 is 14.8 Å². The van der Waals surface area contributed by atoms with Crippen molar-refractivity contribution in [3.8, 4) is 5.75 Å². The molecule has 3 nitrogen and oxygen atoms in total.